The minimum atomic E-state index is -1.06. The van der Waals surface area contributed by atoms with Crippen molar-refractivity contribution in [1.29, 1.82) is 0 Å². The molecular weight excluding hydrogens is 420 g/mol. The van der Waals surface area contributed by atoms with E-state index in [4.69, 9.17) is 4.74 Å². The van der Waals surface area contributed by atoms with Crippen molar-refractivity contribution in [2.45, 2.75) is 44.6 Å². The number of carbonyl (C=O) groups is 3. The Morgan fingerprint density at radius 2 is 1.70 bits per heavy atom. The molecule has 2 aromatic rings. The molecule has 1 saturated heterocycles. The normalized spacial score (nSPS) is 15.0. The molecule has 0 bridgehead atoms. The molecule has 1 atom stereocenters. The predicted octanol–water partition coefficient (Wildman–Crippen LogP) is 3.07. The summed E-state index contributed by atoms with van der Waals surface area (Å²) >= 11 is 0. The average molecular weight is 453 g/mol. The molecule has 2 N–H and O–H groups in total. The first kappa shape index (κ1) is 24.3. The highest BCUT2D eigenvalue weighted by Gasteiger charge is 2.26. The van der Waals surface area contributed by atoms with Gasteiger partial charge in [0.05, 0.1) is 7.11 Å². The highest BCUT2D eigenvalue weighted by atomic mass is 16.5. The fourth-order valence-electron chi connectivity index (χ4n) is 4.15. The van der Waals surface area contributed by atoms with Gasteiger partial charge in [-0.2, -0.15) is 0 Å². The van der Waals surface area contributed by atoms with E-state index in [1.54, 1.807) is 31.4 Å². The van der Waals surface area contributed by atoms with Gasteiger partial charge >= 0.3 is 5.97 Å². The largest absolute Gasteiger partial charge is 0.497 e. The average Bonchev–Trinajstić information content (AvgIpc) is 2.83. The lowest BCUT2D eigenvalue weighted by atomic mass is 9.92. The zero-order chi connectivity index (χ0) is 23.6. The number of carbonyl (C=O) groups excluding carboxylic acids is 2. The van der Waals surface area contributed by atoms with Crippen LogP contribution in [-0.4, -0.2) is 54.0 Å². The molecule has 0 spiro atoms. The number of amides is 2. The molecule has 7 heteroatoms. The third-order valence-corrected chi connectivity index (χ3v) is 6.14. The number of piperidine rings is 1. The van der Waals surface area contributed by atoms with E-state index in [0.29, 0.717) is 25.3 Å². The Morgan fingerprint density at radius 1 is 1.03 bits per heavy atom. The smallest absolute Gasteiger partial charge is 0.326 e. The topological polar surface area (TPSA) is 95.9 Å². The molecule has 7 nitrogen and oxygen atoms in total. The number of rotatable bonds is 10. The van der Waals surface area contributed by atoms with Gasteiger partial charge in [-0.1, -0.05) is 42.5 Å². The maximum absolute atomic E-state index is 12.5. The molecule has 1 aliphatic heterocycles. The minimum absolute atomic E-state index is 0.146. The van der Waals surface area contributed by atoms with E-state index >= 15 is 0 Å². The molecule has 2 aromatic carbocycles. The fourth-order valence-corrected chi connectivity index (χ4v) is 4.15. The van der Waals surface area contributed by atoms with E-state index in [9.17, 15) is 19.5 Å². The molecule has 0 saturated carbocycles. The van der Waals surface area contributed by atoms with Crippen molar-refractivity contribution in [2.75, 3.05) is 20.2 Å². The van der Waals surface area contributed by atoms with Crippen LogP contribution >= 0.6 is 0 Å². The van der Waals surface area contributed by atoms with Gasteiger partial charge in [0.25, 0.3) is 0 Å². The van der Waals surface area contributed by atoms with Crippen LogP contribution in [0.4, 0.5) is 0 Å². The summed E-state index contributed by atoms with van der Waals surface area (Å²) < 4.78 is 5.12. The number of likely N-dealkylation sites (tertiary alicyclic amines) is 1. The van der Waals surface area contributed by atoms with Crippen molar-refractivity contribution >= 4 is 17.8 Å². The van der Waals surface area contributed by atoms with Gasteiger partial charge in [0.15, 0.2) is 0 Å². The third kappa shape index (κ3) is 7.63. The van der Waals surface area contributed by atoms with Crippen LogP contribution < -0.4 is 10.1 Å². The highest BCUT2D eigenvalue weighted by molar-refractivity contribution is 5.84. The van der Waals surface area contributed by atoms with E-state index in [2.05, 4.69) is 5.32 Å². The zero-order valence-corrected chi connectivity index (χ0v) is 19.0. The van der Waals surface area contributed by atoms with Crippen LogP contribution in [0.25, 0.3) is 0 Å². The molecule has 2 amide bonds. The Morgan fingerprint density at radius 3 is 2.30 bits per heavy atom. The zero-order valence-electron chi connectivity index (χ0n) is 19.0. The lowest BCUT2D eigenvalue weighted by Gasteiger charge is -2.32. The van der Waals surface area contributed by atoms with Gasteiger partial charge in [-0.15, -0.1) is 0 Å². The van der Waals surface area contributed by atoms with E-state index in [-0.39, 0.29) is 30.6 Å². The Balaban J connectivity index is 1.41. The molecule has 0 radical (unpaired) electrons. The molecule has 0 aromatic heterocycles. The van der Waals surface area contributed by atoms with Crippen LogP contribution in [0.5, 0.6) is 5.75 Å². The van der Waals surface area contributed by atoms with Crippen molar-refractivity contribution in [3.63, 3.8) is 0 Å². The quantitative estimate of drug-likeness (QED) is 0.578. The number of ether oxygens (including phenoxy) is 1. The van der Waals surface area contributed by atoms with Gasteiger partial charge < -0.3 is 20.1 Å². The van der Waals surface area contributed by atoms with Crippen LogP contribution in [0.1, 0.15) is 36.8 Å². The molecule has 1 aliphatic rings. The van der Waals surface area contributed by atoms with Gasteiger partial charge in [0.1, 0.15) is 11.8 Å². The van der Waals surface area contributed by atoms with Gasteiger partial charge in [-0.25, -0.2) is 4.79 Å². The second-order valence-corrected chi connectivity index (χ2v) is 8.52. The van der Waals surface area contributed by atoms with Crippen LogP contribution in [-0.2, 0) is 27.2 Å². The van der Waals surface area contributed by atoms with Gasteiger partial charge in [0.2, 0.25) is 11.8 Å². The Labute approximate surface area is 194 Å². The second kappa shape index (κ2) is 12.0. The van der Waals surface area contributed by atoms with E-state index < -0.39 is 12.0 Å². The third-order valence-electron chi connectivity index (χ3n) is 6.14. The maximum Gasteiger partial charge on any atom is 0.326 e. The first-order valence-corrected chi connectivity index (χ1v) is 11.4. The summed E-state index contributed by atoms with van der Waals surface area (Å²) in [5.41, 5.74) is 1.96. The Hall–Kier alpha value is -3.35. The molecule has 176 valence electrons. The van der Waals surface area contributed by atoms with Crippen LogP contribution in [0.2, 0.25) is 0 Å². The minimum Gasteiger partial charge on any atom is -0.497 e. The summed E-state index contributed by atoms with van der Waals surface area (Å²) in [5.74, 6) is -0.326. The number of aryl methyl sites for hydroxylation is 1. The summed E-state index contributed by atoms with van der Waals surface area (Å²) in [4.78, 5) is 38.6. The number of nitrogens with one attached hydrogen (secondary N) is 1. The lowest BCUT2D eigenvalue weighted by Crippen LogP contribution is -2.44. The molecule has 3 rings (SSSR count). The summed E-state index contributed by atoms with van der Waals surface area (Å²) in [6, 6.07) is 16.1. The highest BCUT2D eigenvalue weighted by Crippen LogP contribution is 2.21. The maximum atomic E-state index is 12.5. The number of nitrogens with zero attached hydrogens (tertiary/aromatic N) is 1. The van der Waals surface area contributed by atoms with E-state index in [1.807, 2.05) is 35.2 Å². The van der Waals surface area contributed by atoms with Crippen molar-refractivity contribution < 1.29 is 24.2 Å². The first-order valence-electron chi connectivity index (χ1n) is 11.4. The van der Waals surface area contributed by atoms with E-state index in [0.717, 1.165) is 30.4 Å². The number of methoxy groups -OCH3 is 1. The molecule has 1 unspecified atom stereocenters. The summed E-state index contributed by atoms with van der Waals surface area (Å²) in [6.07, 6.45) is 3.20. The molecule has 0 aliphatic carbocycles. The van der Waals surface area contributed by atoms with Gasteiger partial charge in [0, 0.05) is 32.4 Å². The standard InChI is InChI=1S/C26H32N2O5/c1-33-22-10-7-20(8-11-22)17-23(26(31)32)27-24(29)18-21-13-15-28(16-14-21)25(30)12-9-19-5-3-2-4-6-19/h2-8,10-11,21,23H,9,12-18H2,1H3,(H,27,29)(H,31,32). The van der Waals surface area contributed by atoms with Crippen LogP contribution in [0.3, 0.4) is 0 Å². The van der Waals surface area contributed by atoms with Crippen molar-refractivity contribution in [3.05, 3.63) is 65.7 Å². The molecule has 1 heterocycles. The van der Waals surface area contributed by atoms with Crippen molar-refractivity contribution in [1.82, 2.24) is 10.2 Å². The first-order chi connectivity index (χ1) is 15.9. The Bertz CT molecular complexity index is 921. The van der Waals surface area contributed by atoms with Gasteiger partial charge in [-0.05, 0) is 48.4 Å². The predicted molar refractivity (Wildman–Crippen MR) is 125 cm³/mol. The van der Waals surface area contributed by atoms with Crippen molar-refractivity contribution in [3.8, 4) is 5.75 Å². The SMILES string of the molecule is COc1ccc(CC(NC(=O)CC2CCN(C(=O)CCc3ccccc3)CC2)C(=O)O)cc1. The number of carboxylic acid groups (broad SMARTS) is 1. The number of hydrogen-bond acceptors (Lipinski definition) is 4. The summed E-state index contributed by atoms with van der Waals surface area (Å²) in [6.45, 7) is 1.28. The fraction of sp³-hybridized carbons (Fsp3) is 0.423. The number of hydrogen-bond donors (Lipinski definition) is 2. The summed E-state index contributed by atoms with van der Waals surface area (Å²) in [7, 11) is 1.57. The lowest BCUT2D eigenvalue weighted by molar-refractivity contribution is -0.142. The van der Waals surface area contributed by atoms with Crippen LogP contribution in [0, 0.1) is 5.92 Å². The molecule has 33 heavy (non-hydrogen) atoms. The van der Waals surface area contributed by atoms with Crippen LogP contribution in [0.15, 0.2) is 54.6 Å². The van der Waals surface area contributed by atoms with E-state index in [1.165, 1.54) is 0 Å². The number of aliphatic carboxylic acids is 1. The van der Waals surface area contributed by atoms with Crippen molar-refractivity contribution in [2.24, 2.45) is 5.92 Å². The molecular formula is C26H32N2O5. The number of benzene rings is 2. The number of carboxylic acids is 1. The summed E-state index contributed by atoms with van der Waals surface area (Å²) in [5, 5.41) is 12.2. The second-order valence-electron chi connectivity index (χ2n) is 8.52. The molecule has 1 fully saturated rings. The monoisotopic (exact) mass is 452 g/mol. The van der Waals surface area contributed by atoms with Gasteiger partial charge in [-0.3, -0.25) is 9.59 Å². The Kier molecular flexibility index (Phi) is 8.87.